The van der Waals surface area contributed by atoms with Gasteiger partial charge in [-0.1, -0.05) is 0 Å². The molecule has 1 aliphatic carbocycles. The average Bonchev–Trinajstić information content (AvgIpc) is 3.11. The zero-order chi connectivity index (χ0) is 12.6. The average molecular weight is 253 g/mol. The van der Waals surface area contributed by atoms with Crippen LogP contribution in [0, 0.1) is 0 Å². The molecule has 0 amide bonds. The number of hydrogen-bond acceptors (Lipinski definition) is 4. The predicted octanol–water partition coefficient (Wildman–Crippen LogP) is 1.19. The van der Waals surface area contributed by atoms with E-state index in [1.54, 1.807) is 7.11 Å². The lowest BCUT2D eigenvalue weighted by Crippen LogP contribution is -2.18. The summed E-state index contributed by atoms with van der Waals surface area (Å²) in [4.78, 5) is 4.21. The number of nitrogens with one attached hydrogen (secondary N) is 1. The Bertz CT molecular complexity index is 337. The Morgan fingerprint density at radius 2 is 2.28 bits per heavy atom. The summed E-state index contributed by atoms with van der Waals surface area (Å²) in [7, 11) is 1.69. The minimum atomic E-state index is 0.668. The molecular weight excluding hydrogens is 230 g/mol. The number of nitrogens with zero attached hydrogens (tertiary/aromatic N) is 2. The Balaban J connectivity index is 1.60. The second-order valence-corrected chi connectivity index (χ2v) is 4.69. The number of rotatable bonds is 10. The van der Waals surface area contributed by atoms with Crippen molar-refractivity contribution >= 4 is 0 Å². The molecule has 0 spiro atoms. The second-order valence-electron chi connectivity index (χ2n) is 4.69. The molecular formula is C13H23N3O2. The smallest absolute Gasteiger partial charge is 0.0948 e. The topological polar surface area (TPSA) is 48.3 Å². The molecule has 0 aliphatic heterocycles. The van der Waals surface area contributed by atoms with E-state index in [0.717, 1.165) is 32.2 Å². The first-order chi connectivity index (χ1) is 8.90. The van der Waals surface area contributed by atoms with E-state index in [9.17, 15) is 0 Å². The summed E-state index contributed by atoms with van der Waals surface area (Å²) in [6.07, 6.45) is 7.50. The zero-order valence-electron chi connectivity index (χ0n) is 11.1. The minimum absolute atomic E-state index is 0.668. The highest BCUT2D eigenvalue weighted by Crippen LogP contribution is 2.19. The quantitative estimate of drug-likeness (QED) is 0.636. The molecule has 1 N–H and O–H groups in total. The molecule has 0 saturated heterocycles. The lowest BCUT2D eigenvalue weighted by molar-refractivity contribution is 0.0679. The van der Waals surface area contributed by atoms with Crippen molar-refractivity contribution in [2.24, 2.45) is 0 Å². The van der Waals surface area contributed by atoms with Crippen molar-refractivity contribution < 1.29 is 9.47 Å². The van der Waals surface area contributed by atoms with Crippen molar-refractivity contribution in [1.29, 1.82) is 0 Å². The molecule has 0 atom stereocenters. The molecule has 1 aromatic rings. The van der Waals surface area contributed by atoms with Crippen LogP contribution in [0.15, 0.2) is 12.5 Å². The highest BCUT2D eigenvalue weighted by Gasteiger charge is 2.20. The van der Waals surface area contributed by atoms with E-state index in [-0.39, 0.29) is 0 Å². The molecule has 0 bridgehead atoms. The fraction of sp³-hybridized carbons (Fsp3) is 0.769. The van der Waals surface area contributed by atoms with Gasteiger partial charge in [-0.2, -0.15) is 0 Å². The molecule has 1 heterocycles. The lowest BCUT2D eigenvalue weighted by atomic mass is 10.4. The largest absolute Gasteiger partial charge is 0.382 e. The normalized spacial score (nSPS) is 15.2. The first kappa shape index (κ1) is 13.5. The van der Waals surface area contributed by atoms with Crippen molar-refractivity contribution in [1.82, 2.24) is 14.9 Å². The maximum atomic E-state index is 5.45. The van der Waals surface area contributed by atoms with Crippen LogP contribution in [0.5, 0.6) is 0 Å². The van der Waals surface area contributed by atoms with Crippen molar-refractivity contribution in [3.8, 4) is 0 Å². The van der Waals surface area contributed by atoms with Gasteiger partial charge in [0.15, 0.2) is 0 Å². The highest BCUT2D eigenvalue weighted by molar-refractivity contribution is 4.99. The zero-order valence-corrected chi connectivity index (χ0v) is 11.1. The summed E-state index contributed by atoms with van der Waals surface area (Å²) in [5.74, 6) is 0. The Kier molecular flexibility index (Phi) is 5.64. The Morgan fingerprint density at radius 1 is 1.39 bits per heavy atom. The molecule has 5 heteroatoms. The van der Waals surface area contributed by atoms with Crippen molar-refractivity contribution in [3.63, 3.8) is 0 Å². The summed E-state index contributed by atoms with van der Waals surface area (Å²) in [5.41, 5.74) is 1.26. The number of ether oxygens (including phenoxy) is 2. The van der Waals surface area contributed by atoms with Crippen LogP contribution in [0.4, 0.5) is 0 Å². The molecule has 18 heavy (non-hydrogen) atoms. The van der Waals surface area contributed by atoms with Crippen LogP contribution in [0.1, 0.15) is 25.0 Å². The summed E-state index contributed by atoms with van der Waals surface area (Å²) in [5, 5.41) is 3.51. The van der Waals surface area contributed by atoms with Gasteiger partial charge in [0.05, 0.1) is 25.2 Å². The van der Waals surface area contributed by atoms with Crippen LogP contribution in [-0.2, 0) is 22.6 Å². The molecule has 1 aromatic heterocycles. The third kappa shape index (κ3) is 4.76. The molecule has 0 unspecified atom stereocenters. The third-order valence-electron chi connectivity index (χ3n) is 3.07. The molecule has 5 nitrogen and oxygen atoms in total. The standard InChI is InChI=1S/C13H23N3O2/c1-17-7-8-18-6-2-5-16-11-14-9-13(16)10-15-12-3-4-12/h9,11-12,15H,2-8,10H2,1H3. The SMILES string of the molecule is COCCOCCCn1cncc1CNC1CC1. The van der Waals surface area contributed by atoms with Gasteiger partial charge in [-0.15, -0.1) is 0 Å². The lowest BCUT2D eigenvalue weighted by Gasteiger charge is -2.09. The van der Waals surface area contributed by atoms with Crippen LogP contribution in [0.3, 0.4) is 0 Å². The summed E-state index contributed by atoms with van der Waals surface area (Å²) >= 11 is 0. The van der Waals surface area contributed by atoms with Gasteiger partial charge in [0, 0.05) is 39.0 Å². The third-order valence-corrected chi connectivity index (χ3v) is 3.07. The Hall–Kier alpha value is -0.910. The number of imidazole rings is 1. The molecule has 1 saturated carbocycles. The maximum Gasteiger partial charge on any atom is 0.0948 e. The van der Waals surface area contributed by atoms with Gasteiger partial charge in [-0.3, -0.25) is 0 Å². The second kappa shape index (κ2) is 7.51. The van der Waals surface area contributed by atoms with E-state index in [1.807, 2.05) is 12.5 Å². The predicted molar refractivity (Wildman–Crippen MR) is 69.4 cm³/mol. The van der Waals surface area contributed by atoms with E-state index in [4.69, 9.17) is 9.47 Å². The molecule has 0 radical (unpaired) electrons. The summed E-state index contributed by atoms with van der Waals surface area (Å²) < 4.78 is 12.6. The Labute approximate surface area is 108 Å². The fourth-order valence-electron chi connectivity index (χ4n) is 1.81. The van der Waals surface area contributed by atoms with Gasteiger partial charge in [-0.05, 0) is 19.3 Å². The first-order valence-corrected chi connectivity index (χ1v) is 6.69. The molecule has 1 aliphatic rings. The van der Waals surface area contributed by atoms with Crippen LogP contribution < -0.4 is 5.32 Å². The summed E-state index contributed by atoms with van der Waals surface area (Å²) in [6, 6.07) is 0.741. The van der Waals surface area contributed by atoms with E-state index in [1.165, 1.54) is 18.5 Å². The molecule has 1 fully saturated rings. The molecule has 102 valence electrons. The molecule has 2 rings (SSSR count). The Morgan fingerprint density at radius 3 is 3.06 bits per heavy atom. The maximum absolute atomic E-state index is 5.45. The number of aromatic nitrogens is 2. The minimum Gasteiger partial charge on any atom is -0.382 e. The van der Waals surface area contributed by atoms with Crippen molar-refractivity contribution in [3.05, 3.63) is 18.2 Å². The van der Waals surface area contributed by atoms with Gasteiger partial charge < -0.3 is 19.4 Å². The number of hydrogen-bond donors (Lipinski definition) is 1. The summed E-state index contributed by atoms with van der Waals surface area (Å²) in [6.45, 7) is 4.01. The van der Waals surface area contributed by atoms with Crippen LogP contribution in [0.2, 0.25) is 0 Å². The van der Waals surface area contributed by atoms with Gasteiger partial charge in [0.2, 0.25) is 0 Å². The van der Waals surface area contributed by atoms with Crippen molar-refractivity contribution in [2.45, 2.75) is 38.4 Å². The fourth-order valence-corrected chi connectivity index (χ4v) is 1.81. The van der Waals surface area contributed by atoms with Crippen LogP contribution in [0.25, 0.3) is 0 Å². The van der Waals surface area contributed by atoms with Gasteiger partial charge >= 0.3 is 0 Å². The number of methoxy groups -OCH3 is 1. The van der Waals surface area contributed by atoms with Crippen LogP contribution in [-0.4, -0.2) is 42.5 Å². The highest BCUT2D eigenvalue weighted by atomic mass is 16.5. The van der Waals surface area contributed by atoms with E-state index in [2.05, 4.69) is 14.9 Å². The monoisotopic (exact) mass is 253 g/mol. The molecule has 0 aromatic carbocycles. The van der Waals surface area contributed by atoms with Gasteiger partial charge in [-0.25, -0.2) is 4.98 Å². The first-order valence-electron chi connectivity index (χ1n) is 6.69. The van der Waals surface area contributed by atoms with E-state index < -0.39 is 0 Å². The number of aryl methyl sites for hydroxylation is 1. The van der Waals surface area contributed by atoms with Gasteiger partial charge in [0.25, 0.3) is 0 Å². The van der Waals surface area contributed by atoms with Crippen molar-refractivity contribution in [2.75, 3.05) is 26.9 Å². The van der Waals surface area contributed by atoms with E-state index in [0.29, 0.717) is 13.2 Å². The van der Waals surface area contributed by atoms with E-state index >= 15 is 0 Å². The van der Waals surface area contributed by atoms with Gasteiger partial charge in [0.1, 0.15) is 0 Å². The van der Waals surface area contributed by atoms with Crippen LogP contribution >= 0.6 is 0 Å².